The van der Waals surface area contributed by atoms with Crippen LogP contribution in [0.15, 0.2) is 12.8 Å². The lowest BCUT2D eigenvalue weighted by Gasteiger charge is -2.15. The van der Waals surface area contributed by atoms with Gasteiger partial charge in [-0.05, 0) is 19.2 Å². The van der Waals surface area contributed by atoms with Gasteiger partial charge in [0.05, 0.1) is 6.67 Å². The molecule has 0 aromatic rings. The van der Waals surface area contributed by atoms with Crippen LogP contribution in [0.5, 0.6) is 0 Å². The summed E-state index contributed by atoms with van der Waals surface area (Å²) in [4.78, 5) is 4.74. The first-order valence-electron chi connectivity index (χ1n) is 4.45. The fraction of sp³-hybridized carbons (Fsp3) is 0.778. The van der Waals surface area contributed by atoms with E-state index in [2.05, 4.69) is 23.3 Å². The molecule has 1 heterocycles. The fourth-order valence-corrected chi connectivity index (χ4v) is 1.38. The maximum atomic E-state index is 3.76. The van der Waals surface area contributed by atoms with E-state index in [1.165, 1.54) is 25.9 Å². The van der Waals surface area contributed by atoms with E-state index in [4.69, 9.17) is 0 Å². The Bertz CT molecular complexity index is 123. The Kier molecular flexibility index (Phi) is 3.43. The van der Waals surface area contributed by atoms with Crippen molar-refractivity contribution in [2.24, 2.45) is 0 Å². The zero-order valence-electron chi connectivity index (χ0n) is 7.42. The third-order valence-electron chi connectivity index (χ3n) is 2.17. The predicted molar refractivity (Wildman–Crippen MR) is 48.3 cm³/mol. The Hall–Kier alpha value is -0.500. The van der Waals surface area contributed by atoms with Crippen LogP contribution < -0.4 is 0 Å². The zero-order valence-corrected chi connectivity index (χ0v) is 7.42. The predicted octanol–water partition coefficient (Wildman–Crippen LogP) is 1.51. The third-order valence-corrected chi connectivity index (χ3v) is 2.17. The van der Waals surface area contributed by atoms with Gasteiger partial charge in [-0.15, -0.1) is 0 Å². The molecule has 64 valence electrons. The second-order valence-corrected chi connectivity index (χ2v) is 3.11. The van der Waals surface area contributed by atoms with Crippen molar-refractivity contribution in [3.63, 3.8) is 0 Å². The molecular weight excluding hydrogens is 136 g/mol. The van der Waals surface area contributed by atoms with E-state index in [-0.39, 0.29) is 0 Å². The average Bonchev–Trinajstić information content (AvgIpc) is 2.48. The molecule has 1 rings (SSSR count). The number of hydrogen-bond acceptors (Lipinski definition) is 2. The maximum absolute atomic E-state index is 3.76. The second-order valence-electron chi connectivity index (χ2n) is 3.11. The molecule has 0 aromatic heterocycles. The number of rotatable bonds is 4. The monoisotopic (exact) mass is 154 g/mol. The molecule has 11 heavy (non-hydrogen) atoms. The van der Waals surface area contributed by atoms with E-state index >= 15 is 0 Å². The van der Waals surface area contributed by atoms with Gasteiger partial charge in [-0.1, -0.05) is 19.9 Å². The standard InChI is InChI=1S/C9H18N2/c1-3-5-6-11-8-7-10(4-2)9-11/h4H,2-3,5-9H2,1H3. The third kappa shape index (κ3) is 2.54. The van der Waals surface area contributed by atoms with Crippen LogP contribution in [0.3, 0.4) is 0 Å². The SMILES string of the molecule is C=CN1CCN(CCCC)C1. The maximum Gasteiger partial charge on any atom is 0.0702 e. The summed E-state index contributed by atoms with van der Waals surface area (Å²) in [6, 6.07) is 0. The van der Waals surface area contributed by atoms with Crippen LogP contribution >= 0.6 is 0 Å². The second kappa shape index (κ2) is 4.39. The number of unbranched alkanes of at least 4 members (excludes halogenated alkanes) is 1. The summed E-state index contributed by atoms with van der Waals surface area (Å²) in [7, 11) is 0. The lowest BCUT2D eigenvalue weighted by molar-refractivity contribution is 0.285. The van der Waals surface area contributed by atoms with Crippen molar-refractivity contribution in [1.82, 2.24) is 9.80 Å². The van der Waals surface area contributed by atoms with Crippen LogP contribution in [-0.4, -0.2) is 36.1 Å². The number of hydrogen-bond donors (Lipinski definition) is 0. The average molecular weight is 154 g/mol. The van der Waals surface area contributed by atoms with Gasteiger partial charge in [0.2, 0.25) is 0 Å². The van der Waals surface area contributed by atoms with E-state index in [1.807, 2.05) is 6.20 Å². The molecule has 0 saturated carbocycles. The molecular formula is C9H18N2. The molecule has 2 nitrogen and oxygen atoms in total. The van der Waals surface area contributed by atoms with Crippen molar-refractivity contribution in [3.05, 3.63) is 12.8 Å². The molecule has 1 saturated heterocycles. The van der Waals surface area contributed by atoms with E-state index in [9.17, 15) is 0 Å². The van der Waals surface area contributed by atoms with Crippen LogP contribution in [0.1, 0.15) is 19.8 Å². The number of nitrogens with zero attached hydrogens (tertiary/aromatic N) is 2. The highest BCUT2D eigenvalue weighted by atomic mass is 15.4. The van der Waals surface area contributed by atoms with Gasteiger partial charge in [0.15, 0.2) is 0 Å². The molecule has 0 aromatic carbocycles. The Balaban J connectivity index is 2.14. The minimum Gasteiger partial charge on any atom is -0.364 e. The van der Waals surface area contributed by atoms with Crippen molar-refractivity contribution >= 4 is 0 Å². The molecule has 0 spiro atoms. The molecule has 1 aliphatic heterocycles. The summed E-state index contributed by atoms with van der Waals surface area (Å²) in [6.45, 7) is 10.7. The van der Waals surface area contributed by atoms with Gasteiger partial charge in [0.1, 0.15) is 0 Å². The lowest BCUT2D eigenvalue weighted by atomic mass is 10.3. The minimum atomic E-state index is 1.09. The van der Waals surface area contributed by atoms with Gasteiger partial charge < -0.3 is 4.90 Å². The summed E-state index contributed by atoms with van der Waals surface area (Å²) in [6.07, 6.45) is 4.56. The van der Waals surface area contributed by atoms with Crippen LogP contribution in [0.2, 0.25) is 0 Å². The van der Waals surface area contributed by atoms with Crippen molar-refractivity contribution in [2.45, 2.75) is 19.8 Å². The van der Waals surface area contributed by atoms with E-state index in [0.29, 0.717) is 0 Å². The van der Waals surface area contributed by atoms with E-state index in [1.54, 1.807) is 0 Å². The molecule has 0 unspecified atom stereocenters. The summed E-state index contributed by atoms with van der Waals surface area (Å²) in [5.41, 5.74) is 0. The topological polar surface area (TPSA) is 6.48 Å². The quantitative estimate of drug-likeness (QED) is 0.605. The van der Waals surface area contributed by atoms with Crippen LogP contribution in [0, 0.1) is 0 Å². The van der Waals surface area contributed by atoms with Crippen molar-refractivity contribution in [2.75, 3.05) is 26.3 Å². The summed E-state index contributed by atoms with van der Waals surface area (Å²) < 4.78 is 0. The summed E-state index contributed by atoms with van der Waals surface area (Å²) in [5.74, 6) is 0. The van der Waals surface area contributed by atoms with Gasteiger partial charge >= 0.3 is 0 Å². The minimum absolute atomic E-state index is 1.09. The first-order valence-corrected chi connectivity index (χ1v) is 4.45. The highest BCUT2D eigenvalue weighted by Gasteiger charge is 2.14. The zero-order chi connectivity index (χ0) is 8.10. The van der Waals surface area contributed by atoms with Crippen molar-refractivity contribution < 1.29 is 0 Å². The van der Waals surface area contributed by atoms with E-state index < -0.39 is 0 Å². The van der Waals surface area contributed by atoms with Crippen LogP contribution in [0.4, 0.5) is 0 Å². The van der Waals surface area contributed by atoms with Crippen molar-refractivity contribution in [3.8, 4) is 0 Å². The smallest absolute Gasteiger partial charge is 0.0702 e. The van der Waals surface area contributed by atoms with Crippen molar-refractivity contribution in [1.29, 1.82) is 0 Å². The largest absolute Gasteiger partial charge is 0.364 e. The molecule has 1 aliphatic rings. The molecule has 0 atom stereocenters. The Morgan fingerprint density at radius 2 is 2.27 bits per heavy atom. The molecule has 0 bridgehead atoms. The molecule has 2 heteroatoms. The Morgan fingerprint density at radius 3 is 2.82 bits per heavy atom. The van der Waals surface area contributed by atoms with Gasteiger partial charge in [-0.25, -0.2) is 0 Å². The first-order chi connectivity index (χ1) is 5.36. The summed E-state index contributed by atoms with van der Waals surface area (Å²) >= 11 is 0. The van der Waals surface area contributed by atoms with Crippen LogP contribution in [0.25, 0.3) is 0 Å². The molecule has 0 amide bonds. The van der Waals surface area contributed by atoms with E-state index in [0.717, 1.165) is 13.2 Å². The van der Waals surface area contributed by atoms with Crippen LogP contribution in [-0.2, 0) is 0 Å². The molecule has 1 fully saturated rings. The van der Waals surface area contributed by atoms with Gasteiger partial charge in [0, 0.05) is 13.1 Å². The normalized spacial score (nSPS) is 19.2. The highest BCUT2D eigenvalue weighted by molar-refractivity contribution is 4.78. The molecule has 0 N–H and O–H groups in total. The summed E-state index contributed by atoms with van der Waals surface area (Å²) in [5, 5.41) is 0. The van der Waals surface area contributed by atoms with Gasteiger partial charge in [-0.3, -0.25) is 4.90 Å². The van der Waals surface area contributed by atoms with Gasteiger partial charge in [-0.2, -0.15) is 0 Å². The van der Waals surface area contributed by atoms with Gasteiger partial charge in [0.25, 0.3) is 0 Å². The lowest BCUT2D eigenvalue weighted by Crippen LogP contribution is -2.23. The molecule has 0 aliphatic carbocycles. The Morgan fingerprint density at radius 1 is 1.45 bits per heavy atom. The molecule has 0 radical (unpaired) electrons. The highest BCUT2D eigenvalue weighted by Crippen LogP contribution is 2.05. The fourth-order valence-electron chi connectivity index (χ4n) is 1.38. The first kappa shape index (κ1) is 8.60. The Labute approximate surface area is 69.5 Å².